The van der Waals surface area contributed by atoms with E-state index in [0.29, 0.717) is 27.2 Å². The first-order valence-corrected chi connectivity index (χ1v) is 5.62. The smallest absolute Gasteiger partial charge is 0.138 e. The van der Waals surface area contributed by atoms with E-state index in [-0.39, 0.29) is 0 Å². The molecule has 0 amide bonds. The fraction of sp³-hybridized carbons (Fsp3) is 0.0833. The van der Waals surface area contributed by atoms with Crippen LogP contribution in [0.25, 0.3) is 11.3 Å². The molecule has 5 heteroatoms. The van der Waals surface area contributed by atoms with Gasteiger partial charge in [0.05, 0.1) is 34.7 Å². The molecule has 0 unspecified atom stereocenters. The molecule has 0 spiro atoms. The summed E-state index contributed by atoms with van der Waals surface area (Å²) >= 11 is 12.0. The number of methoxy groups -OCH3 is 1. The number of nitrogens with zero attached hydrogens (tertiary/aromatic N) is 1. The van der Waals surface area contributed by atoms with Gasteiger partial charge in [0.2, 0.25) is 0 Å². The molecule has 0 atom stereocenters. The number of anilines is 1. The lowest BCUT2D eigenvalue weighted by molar-refractivity contribution is 0.415. The molecule has 0 aliphatic rings. The quantitative estimate of drug-likeness (QED) is 0.905. The predicted octanol–water partition coefficient (Wildman–Crippen LogP) is 3.65. The Morgan fingerprint density at radius 1 is 1.18 bits per heavy atom. The number of aromatic nitrogens is 1. The number of pyridine rings is 1. The van der Waals surface area contributed by atoms with Crippen molar-refractivity contribution in [1.82, 2.24) is 4.98 Å². The summed E-state index contributed by atoms with van der Waals surface area (Å²) in [6.07, 6.45) is 1.56. The maximum atomic E-state index is 6.08. The molecule has 2 N–H and O–H groups in total. The summed E-state index contributed by atoms with van der Waals surface area (Å²) < 4.78 is 5.14. The van der Waals surface area contributed by atoms with Crippen LogP contribution in [0.5, 0.6) is 5.75 Å². The zero-order valence-electron chi connectivity index (χ0n) is 9.08. The summed E-state index contributed by atoms with van der Waals surface area (Å²) in [6, 6.07) is 7.01. The number of nitrogens with two attached hydrogens (primary N) is 1. The summed E-state index contributed by atoms with van der Waals surface area (Å²) in [7, 11) is 1.56. The standard InChI is InChI=1S/C12H10Cl2N2O/c1-17-11-4-7(2-3-9(11)13)12-10(14)5-8(15)6-16-12/h2-6H,15H2,1H3. The van der Waals surface area contributed by atoms with Crippen molar-refractivity contribution in [2.45, 2.75) is 0 Å². The van der Waals surface area contributed by atoms with Crippen LogP contribution in [0.15, 0.2) is 30.5 Å². The molecule has 0 fully saturated rings. The van der Waals surface area contributed by atoms with Gasteiger partial charge in [0, 0.05) is 5.56 Å². The van der Waals surface area contributed by atoms with Gasteiger partial charge in [-0.3, -0.25) is 4.98 Å². The number of nitrogen functional groups attached to an aromatic ring is 1. The SMILES string of the molecule is COc1cc(-c2ncc(N)cc2Cl)ccc1Cl. The fourth-order valence-electron chi connectivity index (χ4n) is 1.47. The second kappa shape index (κ2) is 4.82. The van der Waals surface area contributed by atoms with E-state index in [1.807, 2.05) is 6.07 Å². The van der Waals surface area contributed by atoms with Gasteiger partial charge in [0.15, 0.2) is 0 Å². The van der Waals surface area contributed by atoms with E-state index in [4.69, 9.17) is 33.7 Å². The van der Waals surface area contributed by atoms with E-state index in [0.717, 1.165) is 5.56 Å². The minimum atomic E-state index is 0.495. The maximum Gasteiger partial charge on any atom is 0.138 e. The number of ether oxygens (including phenoxy) is 1. The number of hydrogen-bond acceptors (Lipinski definition) is 3. The Kier molecular flexibility index (Phi) is 3.41. The summed E-state index contributed by atoms with van der Waals surface area (Å²) in [4.78, 5) is 4.20. The number of halogens is 2. The highest BCUT2D eigenvalue weighted by Gasteiger charge is 2.08. The summed E-state index contributed by atoms with van der Waals surface area (Å²) in [5.41, 5.74) is 7.60. The molecule has 1 aromatic heterocycles. The second-order valence-corrected chi connectivity index (χ2v) is 4.26. The molecule has 0 radical (unpaired) electrons. The monoisotopic (exact) mass is 268 g/mol. The fourth-order valence-corrected chi connectivity index (χ4v) is 1.95. The molecular formula is C12H10Cl2N2O. The van der Waals surface area contributed by atoms with Gasteiger partial charge in [-0.25, -0.2) is 0 Å². The van der Waals surface area contributed by atoms with Crippen LogP contribution in [-0.2, 0) is 0 Å². The van der Waals surface area contributed by atoms with Crippen LogP contribution in [0, 0.1) is 0 Å². The Morgan fingerprint density at radius 3 is 2.59 bits per heavy atom. The number of hydrogen-bond donors (Lipinski definition) is 1. The van der Waals surface area contributed by atoms with Crippen molar-refractivity contribution in [3.05, 3.63) is 40.5 Å². The molecule has 1 heterocycles. The van der Waals surface area contributed by atoms with Crippen LogP contribution in [0.1, 0.15) is 0 Å². The normalized spacial score (nSPS) is 10.3. The van der Waals surface area contributed by atoms with E-state index in [1.54, 1.807) is 31.5 Å². The molecule has 0 aliphatic heterocycles. The van der Waals surface area contributed by atoms with Crippen molar-refractivity contribution >= 4 is 28.9 Å². The van der Waals surface area contributed by atoms with Crippen LogP contribution in [0.2, 0.25) is 10.0 Å². The number of benzene rings is 1. The average Bonchev–Trinajstić information content (AvgIpc) is 2.30. The molecule has 0 saturated heterocycles. The third-order valence-electron chi connectivity index (χ3n) is 2.29. The number of rotatable bonds is 2. The van der Waals surface area contributed by atoms with Crippen molar-refractivity contribution in [3.63, 3.8) is 0 Å². The van der Waals surface area contributed by atoms with Crippen molar-refractivity contribution in [2.24, 2.45) is 0 Å². The molecule has 17 heavy (non-hydrogen) atoms. The zero-order chi connectivity index (χ0) is 12.4. The van der Waals surface area contributed by atoms with Crippen LogP contribution in [0.4, 0.5) is 5.69 Å². The summed E-state index contributed by atoms with van der Waals surface area (Å²) in [6.45, 7) is 0. The minimum Gasteiger partial charge on any atom is -0.495 e. The molecule has 1 aromatic carbocycles. The summed E-state index contributed by atoms with van der Waals surface area (Å²) in [5.74, 6) is 0.582. The van der Waals surface area contributed by atoms with Gasteiger partial charge in [0.1, 0.15) is 5.75 Å². The Bertz CT molecular complexity index is 558. The van der Waals surface area contributed by atoms with Gasteiger partial charge in [-0.15, -0.1) is 0 Å². The lowest BCUT2D eigenvalue weighted by Crippen LogP contribution is -1.91. The van der Waals surface area contributed by atoms with Crippen LogP contribution < -0.4 is 10.5 Å². The molecule has 2 aromatic rings. The lowest BCUT2D eigenvalue weighted by atomic mass is 10.1. The Morgan fingerprint density at radius 2 is 1.94 bits per heavy atom. The molecule has 88 valence electrons. The topological polar surface area (TPSA) is 48.1 Å². The van der Waals surface area contributed by atoms with Crippen LogP contribution in [-0.4, -0.2) is 12.1 Å². The molecule has 0 aliphatic carbocycles. The van der Waals surface area contributed by atoms with E-state index in [1.165, 1.54) is 0 Å². The first-order valence-electron chi connectivity index (χ1n) is 4.86. The average molecular weight is 269 g/mol. The minimum absolute atomic E-state index is 0.495. The Labute approximate surface area is 109 Å². The maximum absolute atomic E-state index is 6.08. The van der Waals surface area contributed by atoms with Gasteiger partial charge >= 0.3 is 0 Å². The van der Waals surface area contributed by atoms with Crippen molar-refractivity contribution in [1.29, 1.82) is 0 Å². The first kappa shape index (κ1) is 12.0. The third kappa shape index (κ3) is 2.46. The molecular weight excluding hydrogens is 259 g/mol. The van der Waals surface area contributed by atoms with Crippen molar-refractivity contribution in [2.75, 3.05) is 12.8 Å². The molecule has 0 saturated carbocycles. The Hall–Kier alpha value is -1.45. The highest BCUT2D eigenvalue weighted by Crippen LogP contribution is 2.33. The molecule has 2 rings (SSSR count). The van der Waals surface area contributed by atoms with Gasteiger partial charge in [0.25, 0.3) is 0 Å². The molecule has 3 nitrogen and oxygen atoms in total. The van der Waals surface area contributed by atoms with Crippen molar-refractivity contribution < 1.29 is 4.74 Å². The van der Waals surface area contributed by atoms with Crippen LogP contribution >= 0.6 is 23.2 Å². The van der Waals surface area contributed by atoms with Gasteiger partial charge in [-0.2, -0.15) is 0 Å². The second-order valence-electron chi connectivity index (χ2n) is 3.45. The van der Waals surface area contributed by atoms with Crippen LogP contribution in [0.3, 0.4) is 0 Å². The highest BCUT2D eigenvalue weighted by atomic mass is 35.5. The summed E-state index contributed by atoms with van der Waals surface area (Å²) in [5, 5.41) is 1.04. The van der Waals surface area contributed by atoms with E-state index < -0.39 is 0 Å². The lowest BCUT2D eigenvalue weighted by Gasteiger charge is -2.07. The van der Waals surface area contributed by atoms with Crippen molar-refractivity contribution in [3.8, 4) is 17.0 Å². The Balaban J connectivity index is 2.53. The third-order valence-corrected chi connectivity index (χ3v) is 2.89. The first-order chi connectivity index (χ1) is 8.11. The van der Waals surface area contributed by atoms with E-state index in [9.17, 15) is 0 Å². The highest BCUT2D eigenvalue weighted by molar-refractivity contribution is 6.33. The zero-order valence-corrected chi connectivity index (χ0v) is 10.6. The van der Waals surface area contributed by atoms with Gasteiger partial charge in [-0.1, -0.05) is 29.3 Å². The molecule has 0 bridgehead atoms. The van der Waals surface area contributed by atoms with Gasteiger partial charge in [-0.05, 0) is 18.2 Å². The van der Waals surface area contributed by atoms with E-state index >= 15 is 0 Å². The largest absolute Gasteiger partial charge is 0.495 e. The predicted molar refractivity (Wildman–Crippen MR) is 70.7 cm³/mol. The van der Waals surface area contributed by atoms with Gasteiger partial charge < -0.3 is 10.5 Å². The van der Waals surface area contributed by atoms with E-state index in [2.05, 4.69) is 4.98 Å².